The van der Waals surface area contributed by atoms with Crippen molar-refractivity contribution in [3.05, 3.63) is 30.5 Å². The van der Waals surface area contributed by atoms with Gasteiger partial charge in [0.25, 0.3) is 0 Å². The van der Waals surface area contributed by atoms with Crippen LogP contribution in [0.5, 0.6) is 11.5 Å². The lowest BCUT2D eigenvalue weighted by Gasteiger charge is -2.18. The molecule has 0 saturated carbocycles. The summed E-state index contributed by atoms with van der Waals surface area (Å²) in [5.74, 6) is 2.50. The molecule has 0 amide bonds. The van der Waals surface area contributed by atoms with Crippen LogP contribution in [0, 0.1) is 0 Å². The van der Waals surface area contributed by atoms with Gasteiger partial charge in [0.15, 0.2) is 11.5 Å². The Hall–Kier alpha value is -2.58. The zero-order valence-corrected chi connectivity index (χ0v) is 15.0. The number of ether oxygens (including phenoxy) is 3. The van der Waals surface area contributed by atoms with E-state index >= 15 is 0 Å². The maximum Gasteiger partial charge on any atom is 0.229 e. The van der Waals surface area contributed by atoms with Crippen molar-refractivity contribution in [1.82, 2.24) is 15.3 Å². The first-order valence-corrected chi connectivity index (χ1v) is 7.96. The normalized spacial score (nSPS) is 11.7. The first kappa shape index (κ1) is 18.8. The van der Waals surface area contributed by atoms with Crippen molar-refractivity contribution in [2.75, 3.05) is 52.1 Å². The Morgan fingerprint density at radius 3 is 2.64 bits per heavy atom. The average Bonchev–Trinajstić information content (AvgIpc) is 2.65. The fourth-order valence-corrected chi connectivity index (χ4v) is 2.18. The van der Waals surface area contributed by atoms with Crippen LogP contribution in [0.1, 0.15) is 0 Å². The van der Waals surface area contributed by atoms with Crippen LogP contribution in [0.4, 0.5) is 17.5 Å². The molecule has 0 aliphatic rings. The molecular formula is C17H25N5O3. The van der Waals surface area contributed by atoms with Crippen LogP contribution in [0.2, 0.25) is 0 Å². The van der Waals surface area contributed by atoms with Crippen molar-refractivity contribution < 1.29 is 14.2 Å². The molecule has 3 N–H and O–H groups in total. The fourth-order valence-electron chi connectivity index (χ4n) is 2.18. The first-order chi connectivity index (χ1) is 12.2. The van der Waals surface area contributed by atoms with Gasteiger partial charge in [0, 0.05) is 38.7 Å². The molecule has 1 atom stereocenters. The van der Waals surface area contributed by atoms with Crippen LogP contribution >= 0.6 is 0 Å². The summed E-state index contributed by atoms with van der Waals surface area (Å²) in [6.07, 6.45) is 1.63. The number of nitrogens with one attached hydrogen (secondary N) is 3. The van der Waals surface area contributed by atoms with Gasteiger partial charge in [-0.1, -0.05) is 0 Å². The minimum atomic E-state index is -0.0537. The molecule has 1 aromatic carbocycles. The molecule has 0 spiro atoms. The Bertz CT molecular complexity index is 668. The molecule has 0 aliphatic heterocycles. The lowest BCUT2D eigenvalue weighted by Crippen LogP contribution is -2.31. The van der Waals surface area contributed by atoms with Crippen LogP contribution < -0.4 is 25.4 Å². The van der Waals surface area contributed by atoms with Crippen LogP contribution in [0.25, 0.3) is 0 Å². The van der Waals surface area contributed by atoms with Crippen molar-refractivity contribution in [2.24, 2.45) is 0 Å². The summed E-state index contributed by atoms with van der Waals surface area (Å²) in [5, 5.41) is 9.20. The Labute approximate surface area is 147 Å². The molecule has 25 heavy (non-hydrogen) atoms. The van der Waals surface area contributed by atoms with Gasteiger partial charge >= 0.3 is 0 Å². The van der Waals surface area contributed by atoms with E-state index in [4.69, 9.17) is 14.2 Å². The largest absolute Gasteiger partial charge is 0.493 e. The second kappa shape index (κ2) is 9.65. The van der Waals surface area contributed by atoms with Gasteiger partial charge in [-0.05, 0) is 25.2 Å². The molecule has 2 aromatic rings. The Balaban J connectivity index is 2.12. The predicted octanol–water partition coefficient (Wildman–Crippen LogP) is 1.88. The van der Waals surface area contributed by atoms with Crippen LogP contribution in [-0.2, 0) is 4.74 Å². The second-order valence-electron chi connectivity index (χ2n) is 5.23. The molecule has 1 heterocycles. The summed E-state index contributed by atoms with van der Waals surface area (Å²) in [7, 11) is 6.95. The highest BCUT2D eigenvalue weighted by Gasteiger charge is 2.11. The summed E-state index contributed by atoms with van der Waals surface area (Å²) in [6.45, 7) is 1.10. The minimum absolute atomic E-state index is 0.0537. The van der Waals surface area contributed by atoms with Gasteiger partial charge in [-0.3, -0.25) is 0 Å². The second-order valence-corrected chi connectivity index (χ2v) is 5.23. The SMILES string of the molecule is CNC[C@H](COc1cc(Nc2nccc(NC)n2)ccc1OC)OC. The molecule has 0 bridgehead atoms. The van der Waals surface area contributed by atoms with Gasteiger partial charge in [0.05, 0.1) is 7.11 Å². The van der Waals surface area contributed by atoms with E-state index in [1.54, 1.807) is 26.5 Å². The molecule has 0 radical (unpaired) electrons. The quantitative estimate of drug-likeness (QED) is 0.600. The summed E-state index contributed by atoms with van der Waals surface area (Å²) in [5.41, 5.74) is 0.798. The molecule has 136 valence electrons. The van der Waals surface area contributed by atoms with E-state index in [1.807, 2.05) is 32.3 Å². The monoisotopic (exact) mass is 347 g/mol. The third kappa shape index (κ3) is 5.47. The highest BCUT2D eigenvalue weighted by molar-refractivity contribution is 5.60. The van der Waals surface area contributed by atoms with Crippen molar-refractivity contribution in [3.8, 4) is 11.5 Å². The van der Waals surface area contributed by atoms with Crippen molar-refractivity contribution in [1.29, 1.82) is 0 Å². The number of hydrogen-bond acceptors (Lipinski definition) is 8. The first-order valence-electron chi connectivity index (χ1n) is 7.96. The van der Waals surface area contributed by atoms with E-state index in [1.165, 1.54) is 0 Å². The van der Waals surface area contributed by atoms with E-state index in [9.17, 15) is 0 Å². The molecule has 0 unspecified atom stereocenters. The van der Waals surface area contributed by atoms with Crippen molar-refractivity contribution in [3.63, 3.8) is 0 Å². The van der Waals surface area contributed by atoms with Crippen molar-refractivity contribution >= 4 is 17.5 Å². The van der Waals surface area contributed by atoms with Crippen molar-refractivity contribution in [2.45, 2.75) is 6.10 Å². The smallest absolute Gasteiger partial charge is 0.229 e. The molecule has 1 aromatic heterocycles. The van der Waals surface area contributed by atoms with E-state index in [0.717, 1.165) is 11.5 Å². The summed E-state index contributed by atoms with van der Waals surface area (Å²) >= 11 is 0. The Morgan fingerprint density at radius 2 is 1.96 bits per heavy atom. The third-order valence-electron chi connectivity index (χ3n) is 3.52. The number of benzene rings is 1. The van der Waals surface area contributed by atoms with E-state index in [0.29, 0.717) is 30.6 Å². The van der Waals surface area contributed by atoms with Crippen LogP contribution in [-0.4, -0.2) is 57.5 Å². The standard InChI is InChI=1S/C17H25N5O3/c1-18-10-13(23-3)11-25-15-9-12(5-6-14(15)24-4)21-17-20-8-7-16(19-2)22-17/h5-9,13,18H,10-11H2,1-4H3,(H2,19,20,21,22)/t13-/m1/s1. The molecule has 0 fully saturated rings. The van der Waals surface area contributed by atoms with Gasteiger partial charge < -0.3 is 30.2 Å². The van der Waals surface area contributed by atoms with Crippen LogP contribution in [0.15, 0.2) is 30.5 Å². The van der Waals surface area contributed by atoms with E-state index in [-0.39, 0.29) is 6.10 Å². The van der Waals surface area contributed by atoms with E-state index < -0.39 is 0 Å². The third-order valence-corrected chi connectivity index (χ3v) is 3.52. The number of nitrogens with zero attached hydrogens (tertiary/aromatic N) is 2. The number of rotatable bonds is 10. The van der Waals surface area contributed by atoms with Gasteiger partial charge in [0.2, 0.25) is 5.95 Å². The lowest BCUT2D eigenvalue weighted by atomic mass is 10.2. The van der Waals surface area contributed by atoms with Crippen LogP contribution in [0.3, 0.4) is 0 Å². The molecular weight excluding hydrogens is 322 g/mol. The topological polar surface area (TPSA) is 89.6 Å². The Morgan fingerprint density at radius 1 is 1.12 bits per heavy atom. The number of hydrogen-bond donors (Lipinski definition) is 3. The predicted molar refractivity (Wildman–Crippen MR) is 98.1 cm³/mol. The molecule has 0 saturated heterocycles. The van der Waals surface area contributed by atoms with Gasteiger partial charge in [-0.25, -0.2) is 4.98 Å². The molecule has 8 heteroatoms. The van der Waals surface area contributed by atoms with E-state index in [2.05, 4.69) is 25.9 Å². The maximum absolute atomic E-state index is 5.87. The number of aromatic nitrogens is 2. The number of methoxy groups -OCH3 is 2. The average molecular weight is 347 g/mol. The minimum Gasteiger partial charge on any atom is -0.493 e. The summed E-state index contributed by atoms with van der Waals surface area (Å²) < 4.78 is 16.6. The number of anilines is 3. The fraction of sp³-hybridized carbons (Fsp3) is 0.412. The zero-order valence-electron chi connectivity index (χ0n) is 15.0. The maximum atomic E-state index is 5.87. The molecule has 0 aliphatic carbocycles. The Kier molecular flexibility index (Phi) is 7.24. The zero-order chi connectivity index (χ0) is 18.1. The van der Waals surface area contributed by atoms with Gasteiger partial charge in [-0.2, -0.15) is 4.98 Å². The van der Waals surface area contributed by atoms with Gasteiger partial charge in [-0.15, -0.1) is 0 Å². The highest BCUT2D eigenvalue weighted by atomic mass is 16.5. The highest BCUT2D eigenvalue weighted by Crippen LogP contribution is 2.31. The summed E-state index contributed by atoms with van der Waals surface area (Å²) in [6, 6.07) is 7.35. The number of likely N-dealkylation sites (N-methyl/N-ethyl adjacent to an activating group) is 1. The molecule has 2 rings (SSSR count). The summed E-state index contributed by atoms with van der Waals surface area (Å²) in [4.78, 5) is 8.54. The van der Waals surface area contributed by atoms with Gasteiger partial charge in [0.1, 0.15) is 18.5 Å². The lowest BCUT2D eigenvalue weighted by molar-refractivity contribution is 0.0585. The molecule has 8 nitrogen and oxygen atoms in total.